The molecule has 0 spiro atoms. The van der Waals surface area contributed by atoms with Gasteiger partial charge in [-0.1, -0.05) is 299 Å². The standard InChI is InChI=1S/C87H99N3O15Si/c1-87(2,3)106(4,5)105-84-75(89-90-88)79(96-56-68-43-25-11-26-44-68)78(74(100-84)62-93-53-65-37-19-8-20-38-65)103-86-83(99-59-71-49-31-14-32-50-71)81(77(95-55-67-41-23-10-24-42-67)73(102-86)61-92-52-64-35-17-7-18-36-64)104-85-82(98-58-70-47-29-13-30-48-70)80(97-57-69-45-27-12-28-46-69)76(94-54-66-39-21-9-22-40-66)72(101-85)60-91-51-63-33-15-6-16-34-63/h6-50,72-86H,51-62H2,1-5H3/t72-,73+,74-,75-,76+,77+,78-,79-,80+,81+,82-,83-,84+,85-,86+/m1/s1. The number of rotatable bonds is 37. The van der Waals surface area contributed by atoms with Crippen molar-refractivity contribution in [3.8, 4) is 0 Å². The summed E-state index contributed by atoms with van der Waals surface area (Å²) in [5.41, 5.74) is 19.0. The van der Waals surface area contributed by atoms with Crippen LogP contribution < -0.4 is 0 Å². The predicted molar refractivity (Wildman–Crippen MR) is 405 cm³/mol. The molecule has 0 saturated carbocycles. The molecule has 3 aliphatic rings. The fourth-order valence-corrected chi connectivity index (χ4v) is 14.1. The lowest BCUT2D eigenvalue weighted by atomic mass is 9.94. The second-order valence-electron chi connectivity index (χ2n) is 28.5. The van der Waals surface area contributed by atoms with Crippen molar-refractivity contribution in [2.45, 2.75) is 190 Å². The average molecular weight is 1450 g/mol. The van der Waals surface area contributed by atoms with E-state index in [0.29, 0.717) is 0 Å². The van der Waals surface area contributed by atoms with Gasteiger partial charge in [-0.3, -0.25) is 0 Å². The topological polar surface area (TPSA) is 187 Å². The lowest BCUT2D eigenvalue weighted by Gasteiger charge is -2.52. The smallest absolute Gasteiger partial charge is 0.195 e. The minimum atomic E-state index is -2.72. The van der Waals surface area contributed by atoms with E-state index in [1.54, 1.807) is 0 Å². The number of azide groups is 1. The summed E-state index contributed by atoms with van der Waals surface area (Å²) in [5, 5.41) is 4.26. The Morgan fingerprint density at radius 3 is 0.868 bits per heavy atom. The molecule has 15 atom stereocenters. The van der Waals surface area contributed by atoms with Crippen LogP contribution in [0, 0.1) is 0 Å². The Hall–Kier alpha value is -8.09. The molecule has 0 N–H and O–H groups in total. The van der Waals surface area contributed by atoms with Crippen molar-refractivity contribution in [1.82, 2.24) is 0 Å². The highest BCUT2D eigenvalue weighted by Crippen LogP contribution is 2.43. The Labute approximate surface area is 624 Å². The Morgan fingerprint density at radius 1 is 0.311 bits per heavy atom. The molecule has 3 aliphatic heterocycles. The van der Waals surface area contributed by atoms with Crippen LogP contribution in [0.2, 0.25) is 18.1 Å². The van der Waals surface area contributed by atoms with Crippen molar-refractivity contribution >= 4 is 8.32 Å². The summed E-state index contributed by atoms with van der Waals surface area (Å²) < 4.78 is 110. The number of hydrogen-bond donors (Lipinski definition) is 0. The lowest BCUT2D eigenvalue weighted by Crippen LogP contribution is -2.68. The Balaban J connectivity index is 1.02. The summed E-state index contributed by atoms with van der Waals surface area (Å²) in [5.74, 6) is 0. The van der Waals surface area contributed by atoms with Gasteiger partial charge in [0.1, 0.15) is 73.2 Å². The molecule has 19 heteroatoms. The van der Waals surface area contributed by atoms with Gasteiger partial charge in [0.2, 0.25) is 0 Å². The molecule has 106 heavy (non-hydrogen) atoms. The summed E-state index contributed by atoms with van der Waals surface area (Å²) in [6.07, 6.45) is -15.0. The van der Waals surface area contributed by atoms with Gasteiger partial charge in [0.15, 0.2) is 27.2 Å². The minimum Gasteiger partial charge on any atom is -0.392 e. The van der Waals surface area contributed by atoms with Gasteiger partial charge < -0.3 is 70.7 Å². The summed E-state index contributed by atoms with van der Waals surface area (Å²) in [6.45, 7) is 12.2. The Morgan fingerprint density at radius 2 is 0.557 bits per heavy atom. The number of ether oxygens (including phenoxy) is 14. The average Bonchev–Trinajstić information content (AvgIpc) is 0.759. The highest BCUT2D eigenvalue weighted by Gasteiger charge is 2.58. The van der Waals surface area contributed by atoms with Gasteiger partial charge in [-0.15, -0.1) is 0 Å². The van der Waals surface area contributed by atoms with Crippen LogP contribution in [-0.2, 0) is 130 Å². The third kappa shape index (κ3) is 22.3. The molecule has 3 saturated heterocycles. The molecule has 0 aromatic heterocycles. The van der Waals surface area contributed by atoms with Crippen LogP contribution in [0.1, 0.15) is 70.8 Å². The van der Waals surface area contributed by atoms with E-state index in [0.717, 1.165) is 50.1 Å². The van der Waals surface area contributed by atoms with Crippen LogP contribution in [0.4, 0.5) is 0 Å². The summed E-state index contributed by atoms with van der Waals surface area (Å²) >= 11 is 0. The van der Waals surface area contributed by atoms with Crippen molar-refractivity contribution in [2.24, 2.45) is 5.11 Å². The quantitative estimate of drug-likeness (QED) is 0.0155. The van der Waals surface area contributed by atoms with E-state index >= 15 is 0 Å². The first-order valence-electron chi connectivity index (χ1n) is 36.7. The van der Waals surface area contributed by atoms with E-state index in [2.05, 4.69) is 43.9 Å². The van der Waals surface area contributed by atoms with Gasteiger partial charge in [-0.2, -0.15) is 0 Å². The zero-order valence-corrected chi connectivity index (χ0v) is 62.1. The van der Waals surface area contributed by atoms with Crippen molar-refractivity contribution in [3.63, 3.8) is 0 Å². The third-order valence-electron chi connectivity index (χ3n) is 19.7. The van der Waals surface area contributed by atoms with Crippen LogP contribution in [-0.4, -0.2) is 120 Å². The molecular formula is C87H99N3O15Si. The summed E-state index contributed by atoms with van der Waals surface area (Å²) in [7, 11) is -2.72. The second kappa shape index (κ2) is 39.7. The van der Waals surface area contributed by atoms with E-state index in [1.165, 1.54) is 0 Å². The van der Waals surface area contributed by atoms with Crippen molar-refractivity contribution in [2.75, 3.05) is 19.8 Å². The van der Waals surface area contributed by atoms with Crippen molar-refractivity contribution < 1.29 is 70.7 Å². The van der Waals surface area contributed by atoms with Gasteiger partial charge in [0.05, 0.1) is 79.3 Å². The molecule has 556 valence electrons. The molecule has 0 bridgehead atoms. The molecule has 0 unspecified atom stereocenters. The maximum Gasteiger partial charge on any atom is 0.195 e. The summed E-state index contributed by atoms with van der Waals surface area (Å²) in [6, 6.07) is 88.5. The molecule has 12 rings (SSSR count). The van der Waals surface area contributed by atoms with Gasteiger partial charge in [0.25, 0.3) is 0 Å². The molecule has 9 aromatic rings. The molecule has 9 aromatic carbocycles. The number of nitrogens with zero attached hydrogens (tertiary/aromatic N) is 3. The highest BCUT2D eigenvalue weighted by atomic mass is 28.4. The predicted octanol–water partition coefficient (Wildman–Crippen LogP) is 16.8. The van der Waals surface area contributed by atoms with Gasteiger partial charge in [-0.25, -0.2) is 0 Å². The maximum absolute atomic E-state index is 10.8. The van der Waals surface area contributed by atoms with E-state index in [-0.39, 0.29) is 84.3 Å². The van der Waals surface area contributed by atoms with Crippen LogP contribution >= 0.6 is 0 Å². The van der Waals surface area contributed by atoms with Crippen LogP contribution in [0.5, 0.6) is 0 Å². The Bertz CT molecular complexity index is 3990. The molecule has 18 nitrogen and oxygen atoms in total. The molecule has 3 fully saturated rings. The molecule has 0 amide bonds. The first-order valence-corrected chi connectivity index (χ1v) is 39.6. The summed E-state index contributed by atoms with van der Waals surface area (Å²) in [4.78, 5) is 3.50. The molecule has 3 heterocycles. The Kier molecular flexibility index (Phi) is 29.0. The first kappa shape index (κ1) is 77.5. The van der Waals surface area contributed by atoms with Crippen LogP contribution in [0.15, 0.2) is 278 Å². The molecule has 0 aliphatic carbocycles. The monoisotopic (exact) mass is 1450 g/mol. The largest absolute Gasteiger partial charge is 0.392 e. The van der Waals surface area contributed by atoms with Crippen molar-refractivity contribution in [1.29, 1.82) is 0 Å². The van der Waals surface area contributed by atoms with Crippen LogP contribution in [0.25, 0.3) is 10.4 Å². The van der Waals surface area contributed by atoms with Crippen molar-refractivity contribution in [3.05, 3.63) is 334 Å². The van der Waals surface area contributed by atoms with E-state index in [1.807, 2.05) is 273 Å². The third-order valence-corrected chi connectivity index (χ3v) is 24.1. The van der Waals surface area contributed by atoms with E-state index in [9.17, 15) is 5.53 Å². The van der Waals surface area contributed by atoms with E-state index in [4.69, 9.17) is 70.7 Å². The fraction of sp³-hybridized carbons (Fsp3) is 0.379. The lowest BCUT2D eigenvalue weighted by molar-refractivity contribution is -0.390. The normalized spacial score (nSPS) is 24.8. The minimum absolute atomic E-state index is 0.0261. The first-order chi connectivity index (χ1) is 51.9. The van der Waals surface area contributed by atoms with Gasteiger partial charge in [-0.05, 0) is 73.7 Å². The molecular weight excluding hydrogens is 1360 g/mol. The molecule has 0 radical (unpaired) electrons. The highest BCUT2D eigenvalue weighted by molar-refractivity contribution is 6.74. The fourth-order valence-electron chi connectivity index (χ4n) is 13.0. The number of hydrogen-bond acceptors (Lipinski definition) is 16. The maximum atomic E-state index is 10.8. The second-order valence-corrected chi connectivity index (χ2v) is 33.2. The van der Waals surface area contributed by atoms with E-state index < -0.39 is 100 Å². The van der Waals surface area contributed by atoms with Crippen LogP contribution in [0.3, 0.4) is 0 Å². The number of benzene rings is 9. The van der Waals surface area contributed by atoms with Gasteiger partial charge in [0, 0.05) is 4.91 Å². The SMILES string of the molecule is CC(C)(C)[Si](C)(C)O[C@@H]1O[C@H](COCc2ccccc2)[C@@H](O[C@@H]2O[C@@H](COCc3ccccc3)[C@H](OCc3ccccc3)[C@H](O[C@H]3O[C@H](COCc4ccccc4)[C@H](OCc4ccccc4)[C@H](OCc4ccccc4)[C@H]3OCc3ccccc3)[C@H]2OCc2ccccc2)[C@H](OCc2ccccc2)[C@H]1N=[N+]=[N-]. The zero-order valence-electron chi connectivity index (χ0n) is 61.1. The van der Waals surface area contributed by atoms with Gasteiger partial charge >= 0.3 is 0 Å². The zero-order chi connectivity index (χ0) is 73.2.